The van der Waals surface area contributed by atoms with Gasteiger partial charge in [-0.15, -0.1) is 0 Å². The summed E-state index contributed by atoms with van der Waals surface area (Å²) < 4.78 is 26.5. The molecule has 1 saturated carbocycles. The molecule has 18 heavy (non-hydrogen) atoms. The lowest BCUT2D eigenvalue weighted by Crippen LogP contribution is -2.24. The maximum atomic E-state index is 12.0. The Labute approximate surface area is 109 Å². The van der Waals surface area contributed by atoms with Crippen molar-refractivity contribution in [3.05, 3.63) is 24.3 Å². The summed E-state index contributed by atoms with van der Waals surface area (Å²) in [5.41, 5.74) is 0.694. The molecule has 1 aliphatic rings. The van der Waals surface area contributed by atoms with E-state index in [-0.39, 0.29) is 0 Å². The minimum Gasteiger partial charge on any atom is -0.384 e. The predicted molar refractivity (Wildman–Crippen MR) is 73.1 cm³/mol. The molecule has 0 heterocycles. The maximum absolute atomic E-state index is 12.0. The number of nitrogens with one attached hydrogen (secondary N) is 2. The molecule has 100 valence electrons. The first-order valence-electron chi connectivity index (χ1n) is 6.46. The van der Waals surface area contributed by atoms with Crippen LogP contribution in [-0.2, 0) is 10.0 Å². The summed E-state index contributed by atoms with van der Waals surface area (Å²) in [7, 11) is -3.39. The summed E-state index contributed by atoms with van der Waals surface area (Å²) in [4.78, 5) is 0.336. The van der Waals surface area contributed by atoms with Crippen LogP contribution in [0.1, 0.15) is 26.2 Å². The normalized spacial score (nSPS) is 15.6. The van der Waals surface area contributed by atoms with Crippen LogP contribution in [0.2, 0.25) is 0 Å². The molecule has 1 fully saturated rings. The van der Waals surface area contributed by atoms with Crippen LogP contribution in [-0.4, -0.2) is 21.5 Å². The van der Waals surface area contributed by atoms with Crippen molar-refractivity contribution < 1.29 is 8.42 Å². The van der Waals surface area contributed by atoms with Crippen LogP contribution < -0.4 is 10.0 Å². The third-order valence-corrected chi connectivity index (χ3v) is 4.68. The summed E-state index contributed by atoms with van der Waals surface area (Å²) in [6.07, 6.45) is 3.76. The van der Waals surface area contributed by atoms with Crippen molar-refractivity contribution in [3.63, 3.8) is 0 Å². The van der Waals surface area contributed by atoms with Gasteiger partial charge >= 0.3 is 0 Å². The zero-order valence-corrected chi connectivity index (χ0v) is 11.5. The number of rotatable bonds is 7. The molecule has 0 atom stereocenters. The second-order valence-electron chi connectivity index (χ2n) is 4.66. The van der Waals surface area contributed by atoms with Gasteiger partial charge in [-0.2, -0.15) is 0 Å². The Morgan fingerprint density at radius 2 is 2.00 bits per heavy atom. The molecule has 0 radical (unpaired) electrons. The minimum atomic E-state index is -3.39. The van der Waals surface area contributed by atoms with E-state index >= 15 is 0 Å². The van der Waals surface area contributed by atoms with Gasteiger partial charge in [-0.05, 0) is 24.5 Å². The molecule has 1 aromatic rings. The molecule has 0 aromatic heterocycles. The highest BCUT2D eigenvalue weighted by atomic mass is 32.2. The quantitative estimate of drug-likeness (QED) is 0.797. The molecular weight excluding hydrogens is 248 g/mol. The molecular formula is C13H20N2O2S. The van der Waals surface area contributed by atoms with Gasteiger partial charge in [-0.1, -0.05) is 31.9 Å². The van der Waals surface area contributed by atoms with Crippen molar-refractivity contribution in [2.45, 2.75) is 31.1 Å². The van der Waals surface area contributed by atoms with E-state index in [1.54, 1.807) is 19.1 Å². The van der Waals surface area contributed by atoms with Gasteiger partial charge in [0, 0.05) is 13.1 Å². The van der Waals surface area contributed by atoms with E-state index in [1.165, 1.54) is 12.8 Å². The molecule has 0 unspecified atom stereocenters. The topological polar surface area (TPSA) is 58.2 Å². The van der Waals surface area contributed by atoms with E-state index in [2.05, 4.69) is 10.0 Å². The molecule has 0 spiro atoms. The van der Waals surface area contributed by atoms with Crippen LogP contribution in [0.25, 0.3) is 0 Å². The lowest BCUT2D eigenvalue weighted by molar-refractivity contribution is 0.584. The Bertz CT molecular complexity index is 495. The van der Waals surface area contributed by atoms with Gasteiger partial charge in [-0.25, -0.2) is 13.1 Å². The molecule has 1 aromatic carbocycles. The first-order chi connectivity index (χ1) is 8.63. The summed E-state index contributed by atoms with van der Waals surface area (Å²) in [6, 6.07) is 7.05. The van der Waals surface area contributed by atoms with E-state index in [0.717, 1.165) is 18.9 Å². The molecule has 2 rings (SSSR count). The predicted octanol–water partition coefficient (Wildman–Crippen LogP) is 2.20. The lowest BCUT2D eigenvalue weighted by Gasteiger charge is -2.12. The standard InChI is InChI=1S/C13H20N2O2S/c1-2-15-18(16,17)13-6-4-3-5-12(13)14-10-9-11-7-8-11/h3-6,11,14-15H,2,7-10H2,1H3. The van der Waals surface area contributed by atoms with Crippen molar-refractivity contribution in [2.24, 2.45) is 5.92 Å². The fourth-order valence-electron chi connectivity index (χ4n) is 1.93. The van der Waals surface area contributed by atoms with E-state index in [4.69, 9.17) is 0 Å². The van der Waals surface area contributed by atoms with Gasteiger partial charge in [0.2, 0.25) is 10.0 Å². The van der Waals surface area contributed by atoms with Gasteiger partial charge in [0.1, 0.15) is 4.90 Å². The molecule has 0 bridgehead atoms. The third kappa shape index (κ3) is 3.46. The Morgan fingerprint density at radius 3 is 2.67 bits per heavy atom. The van der Waals surface area contributed by atoms with Crippen LogP contribution >= 0.6 is 0 Å². The van der Waals surface area contributed by atoms with Crippen LogP contribution in [0.3, 0.4) is 0 Å². The zero-order chi connectivity index (χ0) is 13.0. The van der Waals surface area contributed by atoms with Crippen molar-refractivity contribution in [2.75, 3.05) is 18.4 Å². The summed E-state index contributed by atoms with van der Waals surface area (Å²) in [5.74, 6) is 0.843. The van der Waals surface area contributed by atoms with Gasteiger partial charge in [0.15, 0.2) is 0 Å². The van der Waals surface area contributed by atoms with Crippen LogP contribution in [0, 0.1) is 5.92 Å². The smallest absolute Gasteiger partial charge is 0.242 e. The van der Waals surface area contributed by atoms with E-state index in [1.807, 2.05) is 12.1 Å². The Balaban J connectivity index is 2.08. The van der Waals surface area contributed by atoms with Gasteiger partial charge in [0.25, 0.3) is 0 Å². The minimum absolute atomic E-state index is 0.336. The van der Waals surface area contributed by atoms with Crippen molar-refractivity contribution in [1.29, 1.82) is 0 Å². The second-order valence-corrected chi connectivity index (χ2v) is 6.39. The summed E-state index contributed by atoms with van der Waals surface area (Å²) >= 11 is 0. The molecule has 5 heteroatoms. The fourth-order valence-corrected chi connectivity index (χ4v) is 3.16. The number of benzene rings is 1. The first-order valence-corrected chi connectivity index (χ1v) is 7.94. The number of para-hydroxylation sites is 1. The highest BCUT2D eigenvalue weighted by Gasteiger charge is 2.21. The fraction of sp³-hybridized carbons (Fsp3) is 0.538. The van der Waals surface area contributed by atoms with Crippen molar-refractivity contribution >= 4 is 15.7 Å². The Hall–Kier alpha value is -1.07. The number of sulfonamides is 1. The SMILES string of the molecule is CCNS(=O)(=O)c1ccccc1NCCC1CC1. The van der Waals surface area contributed by atoms with Gasteiger partial charge in [-0.3, -0.25) is 0 Å². The zero-order valence-electron chi connectivity index (χ0n) is 10.6. The summed E-state index contributed by atoms with van der Waals surface area (Å²) in [6.45, 7) is 3.02. The number of hydrogen-bond acceptors (Lipinski definition) is 3. The Morgan fingerprint density at radius 1 is 1.28 bits per heavy atom. The molecule has 0 saturated heterocycles. The highest BCUT2D eigenvalue weighted by Crippen LogP contribution is 2.32. The molecule has 0 aliphatic heterocycles. The average molecular weight is 268 g/mol. The maximum Gasteiger partial charge on any atom is 0.242 e. The van der Waals surface area contributed by atoms with Gasteiger partial charge in [0.05, 0.1) is 5.69 Å². The van der Waals surface area contributed by atoms with Crippen LogP contribution in [0.15, 0.2) is 29.2 Å². The largest absolute Gasteiger partial charge is 0.384 e. The Kier molecular flexibility index (Phi) is 4.24. The molecule has 2 N–H and O–H groups in total. The third-order valence-electron chi connectivity index (χ3n) is 3.08. The average Bonchev–Trinajstić information content (AvgIpc) is 3.13. The number of anilines is 1. The van der Waals surface area contributed by atoms with Crippen molar-refractivity contribution in [3.8, 4) is 0 Å². The molecule has 4 nitrogen and oxygen atoms in total. The van der Waals surface area contributed by atoms with Crippen LogP contribution in [0.4, 0.5) is 5.69 Å². The highest BCUT2D eigenvalue weighted by molar-refractivity contribution is 7.89. The van der Waals surface area contributed by atoms with Gasteiger partial charge < -0.3 is 5.32 Å². The first kappa shape index (κ1) is 13.4. The molecule has 0 amide bonds. The number of hydrogen-bond donors (Lipinski definition) is 2. The lowest BCUT2D eigenvalue weighted by atomic mass is 10.2. The van der Waals surface area contributed by atoms with E-state index < -0.39 is 10.0 Å². The monoisotopic (exact) mass is 268 g/mol. The van der Waals surface area contributed by atoms with Crippen LogP contribution in [0.5, 0.6) is 0 Å². The molecule has 1 aliphatic carbocycles. The second kappa shape index (κ2) is 5.71. The van der Waals surface area contributed by atoms with E-state index in [9.17, 15) is 8.42 Å². The summed E-state index contributed by atoms with van der Waals surface area (Å²) in [5, 5.41) is 3.23. The van der Waals surface area contributed by atoms with Crippen molar-refractivity contribution in [1.82, 2.24) is 4.72 Å². The van der Waals surface area contributed by atoms with E-state index in [0.29, 0.717) is 17.1 Å².